The van der Waals surface area contributed by atoms with Crippen molar-refractivity contribution < 1.29 is 9.53 Å². The Kier molecular flexibility index (Phi) is 5.77. The van der Waals surface area contributed by atoms with Gasteiger partial charge in [0.2, 0.25) is 0 Å². The van der Waals surface area contributed by atoms with Crippen LogP contribution in [0.3, 0.4) is 0 Å². The van der Waals surface area contributed by atoms with Gasteiger partial charge in [-0.05, 0) is 32.4 Å². The lowest BCUT2D eigenvalue weighted by atomic mass is 10.2. The largest absolute Gasteiger partial charge is 0.468 e. The molecule has 0 heterocycles. The summed E-state index contributed by atoms with van der Waals surface area (Å²) in [4.78, 5) is 13.9. The van der Waals surface area contributed by atoms with E-state index >= 15 is 0 Å². The summed E-state index contributed by atoms with van der Waals surface area (Å²) >= 11 is 0. The lowest BCUT2D eigenvalue weighted by Gasteiger charge is -2.22. The van der Waals surface area contributed by atoms with Crippen LogP contribution in [-0.4, -0.2) is 49.7 Å². The van der Waals surface area contributed by atoms with E-state index in [1.807, 2.05) is 6.92 Å². The molecule has 0 amide bonds. The fourth-order valence-electron chi connectivity index (χ4n) is 2.03. The summed E-state index contributed by atoms with van der Waals surface area (Å²) in [6.07, 6.45) is 3.47. The van der Waals surface area contributed by atoms with Crippen LogP contribution in [0.25, 0.3) is 0 Å². The van der Waals surface area contributed by atoms with Gasteiger partial charge >= 0.3 is 5.97 Å². The van der Waals surface area contributed by atoms with Crippen LogP contribution in [0, 0.1) is 0 Å². The topological polar surface area (TPSA) is 41.6 Å². The van der Waals surface area contributed by atoms with Gasteiger partial charge in [0.1, 0.15) is 6.04 Å². The molecule has 0 aliphatic heterocycles. The lowest BCUT2D eigenvalue weighted by molar-refractivity contribution is -0.143. The van der Waals surface area contributed by atoms with Crippen molar-refractivity contribution in [1.29, 1.82) is 0 Å². The third-order valence-corrected chi connectivity index (χ3v) is 3.11. The molecule has 0 saturated heterocycles. The van der Waals surface area contributed by atoms with Gasteiger partial charge in [0.05, 0.1) is 7.11 Å². The van der Waals surface area contributed by atoms with Crippen LogP contribution in [-0.2, 0) is 9.53 Å². The van der Waals surface area contributed by atoms with Crippen LogP contribution in [0.4, 0.5) is 0 Å². The number of methoxy groups -OCH3 is 1. The molecule has 0 spiro atoms. The van der Waals surface area contributed by atoms with E-state index in [9.17, 15) is 4.79 Å². The second-order valence-corrected chi connectivity index (χ2v) is 4.28. The van der Waals surface area contributed by atoms with Crippen LogP contribution < -0.4 is 5.32 Å². The SMILES string of the molecule is CCNC(CCN(CC)C1CC1)C(=O)OC. The average molecular weight is 228 g/mol. The first-order valence-electron chi connectivity index (χ1n) is 6.28. The molecule has 1 rings (SSSR count). The number of nitrogens with one attached hydrogen (secondary N) is 1. The maximum Gasteiger partial charge on any atom is 0.322 e. The van der Waals surface area contributed by atoms with Gasteiger partial charge in [0.25, 0.3) is 0 Å². The van der Waals surface area contributed by atoms with Crippen molar-refractivity contribution >= 4 is 5.97 Å². The molecule has 1 unspecified atom stereocenters. The van der Waals surface area contributed by atoms with Gasteiger partial charge in [-0.3, -0.25) is 4.79 Å². The Balaban J connectivity index is 2.32. The van der Waals surface area contributed by atoms with Crippen LogP contribution in [0.1, 0.15) is 33.1 Å². The Morgan fingerprint density at radius 2 is 2.19 bits per heavy atom. The number of nitrogens with zero attached hydrogens (tertiary/aromatic N) is 1. The Morgan fingerprint density at radius 3 is 2.62 bits per heavy atom. The van der Waals surface area contributed by atoms with E-state index < -0.39 is 0 Å². The second-order valence-electron chi connectivity index (χ2n) is 4.28. The van der Waals surface area contributed by atoms with Gasteiger partial charge in [-0.15, -0.1) is 0 Å². The predicted octanol–water partition coefficient (Wildman–Crippen LogP) is 1.01. The zero-order valence-corrected chi connectivity index (χ0v) is 10.7. The van der Waals surface area contributed by atoms with E-state index in [1.54, 1.807) is 0 Å². The van der Waals surface area contributed by atoms with Crippen molar-refractivity contribution in [2.75, 3.05) is 26.7 Å². The predicted molar refractivity (Wildman–Crippen MR) is 64.4 cm³/mol. The summed E-state index contributed by atoms with van der Waals surface area (Å²) in [5.41, 5.74) is 0. The minimum Gasteiger partial charge on any atom is -0.468 e. The van der Waals surface area contributed by atoms with Gasteiger partial charge in [-0.25, -0.2) is 0 Å². The molecule has 1 saturated carbocycles. The first-order chi connectivity index (χ1) is 7.72. The van der Waals surface area contributed by atoms with Gasteiger partial charge in [-0.2, -0.15) is 0 Å². The number of carbonyl (C=O) groups excluding carboxylic acids is 1. The number of hydrogen-bond donors (Lipinski definition) is 1. The highest BCUT2D eigenvalue weighted by molar-refractivity contribution is 5.75. The first-order valence-corrected chi connectivity index (χ1v) is 6.28. The Bertz CT molecular complexity index is 217. The zero-order valence-electron chi connectivity index (χ0n) is 10.7. The highest BCUT2D eigenvalue weighted by Gasteiger charge is 2.28. The maximum atomic E-state index is 11.5. The van der Waals surface area contributed by atoms with E-state index in [1.165, 1.54) is 20.0 Å². The molecule has 94 valence electrons. The minimum atomic E-state index is -0.150. The highest BCUT2D eigenvalue weighted by Crippen LogP contribution is 2.26. The molecule has 0 radical (unpaired) electrons. The standard InChI is InChI=1S/C12H24N2O2/c1-4-13-11(12(15)16-3)8-9-14(5-2)10-6-7-10/h10-11,13H,4-9H2,1-3H3. The smallest absolute Gasteiger partial charge is 0.322 e. The Labute approximate surface area is 98.3 Å². The average Bonchev–Trinajstić information content (AvgIpc) is 3.11. The van der Waals surface area contributed by atoms with Crippen molar-refractivity contribution in [1.82, 2.24) is 10.2 Å². The maximum absolute atomic E-state index is 11.5. The summed E-state index contributed by atoms with van der Waals surface area (Å²) < 4.78 is 4.79. The fourth-order valence-corrected chi connectivity index (χ4v) is 2.03. The molecule has 1 fully saturated rings. The number of likely N-dealkylation sites (N-methyl/N-ethyl adjacent to an activating group) is 1. The molecule has 1 N–H and O–H groups in total. The van der Waals surface area contributed by atoms with E-state index in [-0.39, 0.29) is 12.0 Å². The number of hydrogen-bond acceptors (Lipinski definition) is 4. The summed E-state index contributed by atoms with van der Waals surface area (Å²) in [6.45, 7) is 7.04. The third kappa shape index (κ3) is 4.10. The first kappa shape index (κ1) is 13.5. The highest BCUT2D eigenvalue weighted by atomic mass is 16.5. The third-order valence-electron chi connectivity index (χ3n) is 3.11. The quantitative estimate of drug-likeness (QED) is 0.630. The van der Waals surface area contributed by atoms with Crippen molar-refractivity contribution in [3.8, 4) is 0 Å². The van der Waals surface area contributed by atoms with Gasteiger partial charge in [0, 0.05) is 12.6 Å². The van der Waals surface area contributed by atoms with E-state index in [2.05, 4.69) is 17.1 Å². The fraction of sp³-hybridized carbons (Fsp3) is 0.917. The summed E-state index contributed by atoms with van der Waals surface area (Å²) in [6, 6.07) is 0.618. The molecule has 0 aromatic carbocycles. The van der Waals surface area contributed by atoms with Crippen LogP contribution >= 0.6 is 0 Å². The Hall–Kier alpha value is -0.610. The van der Waals surface area contributed by atoms with Crippen LogP contribution in [0.5, 0.6) is 0 Å². The van der Waals surface area contributed by atoms with Crippen molar-refractivity contribution in [2.24, 2.45) is 0 Å². The molecule has 0 aromatic rings. The molecule has 1 atom stereocenters. The minimum absolute atomic E-state index is 0.145. The molecule has 0 aromatic heterocycles. The van der Waals surface area contributed by atoms with E-state index in [4.69, 9.17) is 4.74 Å². The summed E-state index contributed by atoms with van der Waals surface area (Å²) in [5, 5.41) is 3.17. The van der Waals surface area contributed by atoms with E-state index in [0.717, 1.165) is 32.1 Å². The zero-order chi connectivity index (χ0) is 12.0. The number of ether oxygens (including phenoxy) is 1. The van der Waals surface area contributed by atoms with Crippen molar-refractivity contribution in [3.63, 3.8) is 0 Å². The van der Waals surface area contributed by atoms with Gasteiger partial charge in [0.15, 0.2) is 0 Å². The molecule has 4 heteroatoms. The monoisotopic (exact) mass is 228 g/mol. The lowest BCUT2D eigenvalue weighted by Crippen LogP contribution is -2.41. The van der Waals surface area contributed by atoms with Crippen LogP contribution in [0.2, 0.25) is 0 Å². The van der Waals surface area contributed by atoms with Gasteiger partial charge < -0.3 is 15.0 Å². The number of rotatable bonds is 8. The number of carbonyl (C=O) groups is 1. The molecule has 0 bridgehead atoms. The molecule has 1 aliphatic rings. The van der Waals surface area contributed by atoms with Gasteiger partial charge in [-0.1, -0.05) is 13.8 Å². The molecular weight excluding hydrogens is 204 g/mol. The molecule has 1 aliphatic carbocycles. The molecular formula is C12H24N2O2. The molecule has 4 nitrogen and oxygen atoms in total. The number of esters is 1. The van der Waals surface area contributed by atoms with Crippen molar-refractivity contribution in [2.45, 2.75) is 45.2 Å². The summed E-state index contributed by atoms with van der Waals surface area (Å²) in [7, 11) is 1.45. The Morgan fingerprint density at radius 1 is 1.50 bits per heavy atom. The second kappa shape index (κ2) is 6.86. The summed E-state index contributed by atoms with van der Waals surface area (Å²) in [5.74, 6) is -0.145. The van der Waals surface area contributed by atoms with Crippen molar-refractivity contribution in [3.05, 3.63) is 0 Å². The van der Waals surface area contributed by atoms with E-state index in [0.29, 0.717) is 0 Å². The normalized spacial score (nSPS) is 17.5. The van der Waals surface area contributed by atoms with Crippen LogP contribution in [0.15, 0.2) is 0 Å². The molecule has 16 heavy (non-hydrogen) atoms.